The van der Waals surface area contributed by atoms with Gasteiger partial charge < -0.3 is 4.90 Å². The third-order valence-corrected chi connectivity index (χ3v) is 3.53. The predicted octanol–water partition coefficient (Wildman–Crippen LogP) is 3.43. The van der Waals surface area contributed by atoms with Gasteiger partial charge in [-0.25, -0.2) is 0 Å². The zero-order chi connectivity index (χ0) is 9.52. The predicted molar refractivity (Wildman–Crippen MR) is 62.5 cm³/mol. The molecule has 2 heteroatoms. The molecule has 0 saturated heterocycles. The fourth-order valence-electron chi connectivity index (χ4n) is 1.85. The van der Waals surface area contributed by atoms with Crippen molar-refractivity contribution in [1.82, 2.24) is 4.90 Å². The lowest BCUT2D eigenvalue weighted by Crippen LogP contribution is -2.41. The third kappa shape index (κ3) is 3.99. The van der Waals surface area contributed by atoms with Gasteiger partial charge in [-0.05, 0) is 38.8 Å². The quantitative estimate of drug-likeness (QED) is 0.624. The van der Waals surface area contributed by atoms with Crippen molar-refractivity contribution in [2.45, 2.75) is 51.5 Å². The van der Waals surface area contributed by atoms with Crippen molar-refractivity contribution < 1.29 is 0 Å². The summed E-state index contributed by atoms with van der Waals surface area (Å²) in [5.74, 6) is 0. The summed E-state index contributed by atoms with van der Waals surface area (Å²) in [5, 5.41) is 1.16. The van der Waals surface area contributed by atoms with Gasteiger partial charge in [0.05, 0.1) is 0 Å². The lowest BCUT2D eigenvalue weighted by molar-refractivity contribution is 0.126. The van der Waals surface area contributed by atoms with E-state index in [1.807, 2.05) is 0 Å². The molecule has 0 aliphatic heterocycles. The van der Waals surface area contributed by atoms with Crippen LogP contribution in [-0.2, 0) is 0 Å². The zero-order valence-corrected chi connectivity index (χ0v) is 10.4. The number of alkyl halides is 1. The highest BCUT2D eigenvalue weighted by Crippen LogP contribution is 2.25. The Hall–Kier alpha value is 0.440. The highest BCUT2D eigenvalue weighted by molar-refractivity contribution is 9.09. The summed E-state index contributed by atoms with van der Waals surface area (Å²) in [6.45, 7) is 4.91. The number of hydrogen-bond donors (Lipinski definition) is 0. The largest absolute Gasteiger partial charge is 0.300 e. The molecule has 1 aliphatic carbocycles. The molecule has 0 spiro atoms. The van der Waals surface area contributed by atoms with Gasteiger partial charge in [0.2, 0.25) is 0 Å². The first-order chi connectivity index (χ1) is 6.38. The van der Waals surface area contributed by atoms with Crippen molar-refractivity contribution in [1.29, 1.82) is 0 Å². The molecule has 0 N–H and O–H groups in total. The number of nitrogens with zero attached hydrogens (tertiary/aromatic N) is 1. The van der Waals surface area contributed by atoms with E-state index in [1.54, 1.807) is 0 Å². The first-order valence-electron chi connectivity index (χ1n) is 5.68. The third-order valence-electron chi connectivity index (χ3n) is 2.97. The number of rotatable bonds is 7. The molecule has 0 heterocycles. The van der Waals surface area contributed by atoms with Crippen molar-refractivity contribution in [2.75, 3.05) is 18.4 Å². The molecule has 1 nitrogen and oxygen atoms in total. The molecule has 0 amide bonds. The standard InChI is InChI=1S/C11H22BrN/c1-2-3-9-13(10-5-8-12)11-6-4-7-11/h11H,2-10H2,1H3. The molecule has 0 aromatic heterocycles. The van der Waals surface area contributed by atoms with Crippen molar-refractivity contribution in [2.24, 2.45) is 0 Å². The maximum atomic E-state index is 3.51. The fourth-order valence-corrected chi connectivity index (χ4v) is 2.10. The molecule has 1 aliphatic rings. The van der Waals surface area contributed by atoms with Crippen LogP contribution in [0.5, 0.6) is 0 Å². The molecule has 0 radical (unpaired) electrons. The normalized spacial score (nSPS) is 17.8. The lowest BCUT2D eigenvalue weighted by Gasteiger charge is -2.37. The summed E-state index contributed by atoms with van der Waals surface area (Å²) in [7, 11) is 0. The van der Waals surface area contributed by atoms with Gasteiger partial charge in [0.1, 0.15) is 0 Å². The molecule has 0 unspecified atom stereocenters. The van der Waals surface area contributed by atoms with Gasteiger partial charge in [-0.3, -0.25) is 0 Å². The van der Waals surface area contributed by atoms with Crippen molar-refractivity contribution in [3.63, 3.8) is 0 Å². The Balaban J connectivity index is 2.16. The zero-order valence-electron chi connectivity index (χ0n) is 8.77. The topological polar surface area (TPSA) is 3.24 Å². The van der Waals surface area contributed by atoms with Crippen molar-refractivity contribution in [3.8, 4) is 0 Å². The van der Waals surface area contributed by atoms with Crippen LogP contribution in [0.1, 0.15) is 45.4 Å². The maximum absolute atomic E-state index is 3.51. The Kier molecular flexibility index (Phi) is 6.05. The summed E-state index contributed by atoms with van der Waals surface area (Å²) in [5.41, 5.74) is 0. The van der Waals surface area contributed by atoms with E-state index in [1.165, 1.54) is 51.6 Å². The molecular formula is C11H22BrN. The molecule has 0 aromatic carbocycles. The monoisotopic (exact) mass is 247 g/mol. The minimum absolute atomic E-state index is 0.936. The Morgan fingerprint density at radius 2 is 1.92 bits per heavy atom. The average Bonchev–Trinajstić information content (AvgIpc) is 2.06. The Morgan fingerprint density at radius 3 is 2.38 bits per heavy atom. The molecule has 1 rings (SSSR count). The van der Waals surface area contributed by atoms with E-state index in [0.29, 0.717) is 0 Å². The van der Waals surface area contributed by atoms with Crippen LogP contribution in [0.3, 0.4) is 0 Å². The highest BCUT2D eigenvalue weighted by Gasteiger charge is 2.23. The first-order valence-corrected chi connectivity index (χ1v) is 6.80. The Bertz CT molecular complexity index is 115. The van der Waals surface area contributed by atoms with Gasteiger partial charge in [0, 0.05) is 11.4 Å². The van der Waals surface area contributed by atoms with E-state index in [-0.39, 0.29) is 0 Å². The second-order valence-electron chi connectivity index (χ2n) is 4.02. The van der Waals surface area contributed by atoms with Crippen LogP contribution >= 0.6 is 15.9 Å². The smallest absolute Gasteiger partial charge is 0.00952 e. The van der Waals surface area contributed by atoms with Crippen LogP contribution in [0.25, 0.3) is 0 Å². The van der Waals surface area contributed by atoms with Crippen LogP contribution in [0.4, 0.5) is 0 Å². The van der Waals surface area contributed by atoms with Crippen LogP contribution in [-0.4, -0.2) is 29.4 Å². The number of halogens is 1. The molecule has 13 heavy (non-hydrogen) atoms. The minimum atomic E-state index is 0.936. The van der Waals surface area contributed by atoms with Gasteiger partial charge in [-0.2, -0.15) is 0 Å². The van der Waals surface area contributed by atoms with Crippen LogP contribution in [0, 0.1) is 0 Å². The summed E-state index contributed by atoms with van der Waals surface area (Å²) in [4.78, 5) is 2.70. The van der Waals surface area contributed by atoms with Gasteiger partial charge in [-0.15, -0.1) is 0 Å². The van der Waals surface area contributed by atoms with Gasteiger partial charge in [0.25, 0.3) is 0 Å². The second-order valence-corrected chi connectivity index (χ2v) is 4.81. The van der Waals surface area contributed by atoms with E-state index in [4.69, 9.17) is 0 Å². The second kappa shape index (κ2) is 6.83. The number of hydrogen-bond acceptors (Lipinski definition) is 1. The van der Waals surface area contributed by atoms with E-state index in [0.717, 1.165) is 11.4 Å². The Labute approximate surface area is 91.0 Å². The molecule has 1 saturated carbocycles. The summed E-state index contributed by atoms with van der Waals surface area (Å²) in [6.07, 6.45) is 8.37. The van der Waals surface area contributed by atoms with E-state index in [9.17, 15) is 0 Å². The summed E-state index contributed by atoms with van der Waals surface area (Å²) >= 11 is 3.51. The summed E-state index contributed by atoms with van der Waals surface area (Å²) in [6, 6.07) is 0.936. The van der Waals surface area contributed by atoms with E-state index in [2.05, 4.69) is 27.8 Å². The molecule has 0 atom stereocenters. The molecule has 78 valence electrons. The van der Waals surface area contributed by atoms with Crippen molar-refractivity contribution in [3.05, 3.63) is 0 Å². The average molecular weight is 248 g/mol. The Morgan fingerprint density at radius 1 is 1.23 bits per heavy atom. The van der Waals surface area contributed by atoms with Crippen molar-refractivity contribution >= 4 is 15.9 Å². The van der Waals surface area contributed by atoms with Gasteiger partial charge >= 0.3 is 0 Å². The van der Waals surface area contributed by atoms with Crippen LogP contribution < -0.4 is 0 Å². The van der Waals surface area contributed by atoms with E-state index >= 15 is 0 Å². The number of unbranched alkanes of at least 4 members (excludes halogenated alkanes) is 1. The minimum Gasteiger partial charge on any atom is -0.300 e. The summed E-state index contributed by atoms with van der Waals surface area (Å²) < 4.78 is 0. The van der Waals surface area contributed by atoms with Crippen LogP contribution in [0.2, 0.25) is 0 Å². The fraction of sp³-hybridized carbons (Fsp3) is 1.00. The first kappa shape index (κ1) is 11.5. The van der Waals surface area contributed by atoms with Gasteiger partial charge in [0.15, 0.2) is 0 Å². The molecule has 0 aromatic rings. The van der Waals surface area contributed by atoms with Gasteiger partial charge in [-0.1, -0.05) is 35.7 Å². The molecule has 1 fully saturated rings. The van der Waals surface area contributed by atoms with E-state index < -0.39 is 0 Å². The lowest BCUT2D eigenvalue weighted by atomic mass is 9.91. The SMILES string of the molecule is CCCCN(CCCBr)C1CCC1. The van der Waals surface area contributed by atoms with Crippen LogP contribution in [0.15, 0.2) is 0 Å². The highest BCUT2D eigenvalue weighted by atomic mass is 79.9. The molecule has 0 bridgehead atoms. The molecular weight excluding hydrogens is 226 g/mol. The maximum Gasteiger partial charge on any atom is 0.00952 e.